The van der Waals surface area contributed by atoms with E-state index in [4.69, 9.17) is 9.84 Å². The molecule has 0 bridgehead atoms. The number of Topliss-reactive ketones (excluding diaryl/α,β-unsaturated/α-hetero) is 1. The van der Waals surface area contributed by atoms with Gasteiger partial charge in [-0.3, -0.25) is 4.79 Å². The number of aryl methyl sites for hydroxylation is 3. The van der Waals surface area contributed by atoms with E-state index in [9.17, 15) is 9.59 Å². The zero-order valence-electron chi connectivity index (χ0n) is 12.0. The first kappa shape index (κ1) is 15.2. The number of ether oxygens (including phenoxy) is 1. The van der Waals surface area contributed by atoms with Gasteiger partial charge in [0.05, 0.1) is 5.69 Å². The van der Waals surface area contributed by atoms with Gasteiger partial charge in [0.15, 0.2) is 11.6 Å². The van der Waals surface area contributed by atoms with E-state index in [1.165, 1.54) is 0 Å². The minimum absolute atomic E-state index is 0.0877. The van der Waals surface area contributed by atoms with Gasteiger partial charge in [-0.05, 0) is 44.0 Å². The van der Waals surface area contributed by atoms with Crippen molar-refractivity contribution in [3.63, 3.8) is 0 Å². The smallest absolute Gasteiger partial charge is 0.347 e. The number of nitrogens with zero attached hydrogens (tertiary/aromatic N) is 1. The summed E-state index contributed by atoms with van der Waals surface area (Å²) in [6.07, 6.45) is 0. The zero-order chi connectivity index (χ0) is 15.6. The first-order valence-corrected chi connectivity index (χ1v) is 7.13. The van der Waals surface area contributed by atoms with Crippen molar-refractivity contribution in [2.75, 3.05) is 6.61 Å². The van der Waals surface area contributed by atoms with Gasteiger partial charge in [-0.15, -0.1) is 11.3 Å². The first-order valence-electron chi connectivity index (χ1n) is 6.32. The number of carboxylic acids is 1. The van der Waals surface area contributed by atoms with E-state index >= 15 is 0 Å². The van der Waals surface area contributed by atoms with Crippen molar-refractivity contribution in [1.29, 1.82) is 0 Å². The van der Waals surface area contributed by atoms with E-state index in [0.29, 0.717) is 11.4 Å². The number of rotatable bonds is 5. The highest BCUT2D eigenvalue weighted by molar-refractivity contribution is 7.15. The SMILES string of the molecule is Cc1cc(C)cc(OCC(=O)c2nc(C)c(C(=O)O)s2)c1. The van der Waals surface area contributed by atoms with E-state index in [-0.39, 0.29) is 22.3 Å². The van der Waals surface area contributed by atoms with Crippen LogP contribution in [0, 0.1) is 20.8 Å². The Hall–Kier alpha value is -2.21. The second-order valence-corrected chi connectivity index (χ2v) is 5.77. The molecule has 0 saturated carbocycles. The molecule has 0 aliphatic rings. The molecule has 0 amide bonds. The summed E-state index contributed by atoms with van der Waals surface area (Å²) in [5.41, 5.74) is 2.45. The van der Waals surface area contributed by atoms with Crippen LogP contribution >= 0.6 is 11.3 Å². The highest BCUT2D eigenvalue weighted by atomic mass is 32.1. The molecule has 0 spiro atoms. The summed E-state index contributed by atoms with van der Waals surface area (Å²) in [6.45, 7) is 5.31. The lowest BCUT2D eigenvalue weighted by molar-refractivity contribution is 0.0701. The lowest BCUT2D eigenvalue weighted by Crippen LogP contribution is -2.11. The van der Waals surface area contributed by atoms with Gasteiger partial charge in [-0.25, -0.2) is 9.78 Å². The van der Waals surface area contributed by atoms with Crippen LogP contribution in [0.5, 0.6) is 5.75 Å². The van der Waals surface area contributed by atoms with Crippen LogP contribution in [0.25, 0.3) is 0 Å². The molecule has 2 aromatic rings. The third-order valence-electron chi connectivity index (χ3n) is 2.79. The lowest BCUT2D eigenvalue weighted by atomic mass is 10.1. The number of hydrogen-bond acceptors (Lipinski definition) is 5. The van der Waals surface area contributed by atoms with Crippen molar-refractivity contribution < 1.29 is 19.4 Å². The summed E-state index contributed by atoms with van der Waals surface area (Å²) < 4.78 is 5.46. The fraction of sp³-hybridized carbons (Fsp3) is 0.267. The molecule has 0 radical (unpaired) electrons. The van der Waals surface area contributed by atoms with Crippen LogP contribution < -0.4 is 4.74 Å². The number of carbonyl (C=O) groups is 2. The maximum Gasteiger partial charge on any atom is 0.347 e. The van der Waals surface area contributed by atoms with Crippen LogP contribution in [-0.2, 0) is 0 Å². The molecule has 1 aromatic carbocycles. The van der Waals surface area contributed by atoms with Crippen LogP contribution in [0.2, 0.25) is 0 Å². The van der Waals surface area contributed by atoms with Gasteiger partial charge in [0.2, 0.25) is 5.78 Å². The maximum absolute atomic E-state index is 12.0. The van der Waals surface area contributed by atoms with E-state index in [2.05, 4.69) is 4.98 Å². The monoisotopic (exact) mass is 305 g/mol. The van der Waals surface area contributed by atoms with Gasteiger partial charge < -0.3 is 9.84 Å². The molecular weight excluding hydrogens is 290 g/mol. The minimum atomic E-state index is -1.07. The fourth-order valence-electron chi connectivity index (χ4n) is 1.94. The maximum atomic E-state index is 12.0. The third kappa shape index (κ3) is 3.66. The molecule has 0 aliphatic heterocycles. The number of hydrogen-bond donors (Lipinski definition) is 1. The molecule has 21 heavy (non-hydrogen) atoms. The van der Waals surface area contributed by atoms with Crippen molar-refractivity contribution in [2.24, 2.45) is 0 Å². The molecule has 0 fully saturated rings. The molecular formula is C15H15NO4S. The van der Waals surface area contributed by atoms with Crippen molar-refractivity contribution in [3.8, 4) is 5.75 Å². The minimum Gasteiger partial charge on any atom is -0.485 e. The molecule has 2 rings (SSSR count). The van der Waals surface area contributed by atoms with Gasteiger partial charge in [0, 0.05) is 0 Å². The molecule has 1 heterocycles. The highest BCUT2D eigenvalue weighted by Gasteiger charge is 2.19. The van der Waals surface area contributed by atoms with Gasteiger partial charge in [0.25, 0.3) is 0 Å². The Balaban J connectivity index is 2.08. The number of benzene rings is 1. The Morgan fingerprint density at radius 3 is 2.33 bits per heavy atom. The Labute approximate surface area is 126 Å². The summed E-state index contributed by atoms with van der Waals surface area (Å²) in [7, 11) is 0. The zero-order valence-corrected chi connectivity index (χ0v) is 12.8. The molecule has 0 saturated heterocycles. The predicted octanol–water partition coefficient (Wildman–Crippen LogP) is 3.03. The van der Waals surface area contributed by atoms with Crippen molar-refractivity contribution in [1.82, 2.24) is 4.98 Å². The number of aromatic nitrogens is 1. The van der Waals surface area contributed by atoms with Crippen LogP contribution in [0.3, 0.4) is 0 Å². The standard InChI is InChI=1S/C15H15NO4S/c1-8-4-9(2)6-11(5-8)20-7-12(17)14-16-10(3)13(21-14)15(18)19/h4-6H,7H2,1-3H3,(H,18,19). The van der Waals surface area contributed by atoms with Gasteiger partial charge >= 0.3 is 5.97 Å². The number of carboxylic acid groups (broad SMARTS) is 1. The number of ketones is 1. The van der Waals surface area contributed by atoms with Gasteiger partial charge in [0.1, 0.15) is 10.6 Å². The largest absolute Gasteiger partial charge is 0.485 e. The summed E-state index contributed by atoms with van der Waals surface area (Å²) in [5.74, 6) is -0.776. The molecule has 0 atom stereocenters. The Bertz CT molecular complexity index is 685. The fourth-order valence-corrected chi connectivity index (χ4v) is 2.77. The predicted molar refractivity (Wildman–Crippen MR) is 79.6 cm³/mol. The summed E-state index contributed by atoms with van der Waals surface area (Å²) in [4.78, 5) is 27.0. The molecule has 5 nitrogen and oxygen atoms in total. The molecule has 1 N–H and O–H groups in total. The summed E-state index contributed by atoms with van der Waals surface area (Å²) in [6, 6.07) is 5.70. The number of thiazole rings is 1. The van der Waals surface area contributed by atoms with Gasteiger partial charge in [-0.2, -0.15) is 0 Å². The summed E-state index contributed by atoms with van der Waals surface area (Å²) >= 11 is 0.877. The number of aromatic carboxylic acids is 1. The van der Waals surface area contributed by atoms with Crippen LogP contribution in [0.4, 0.5) is 0 Å². The molecule has 0 unspecified atom stereocenters. The highest BCUT2D eigenvalue weighted by Crippen LogP contribution is 2.20. The van der Waals surface area contributed by atoms with Crippen LogP contribution in [0.15, 0.2) is 18.2 Å². The molecule has 110 valence electrons. The lowest BCUT2D eigenvalue weighted by Gasteiger charge is -2.06. The van der Waals surface area contributed by atoms with Crippen molar-refractivity contribution in [3.05, 3.63) is 44.9 Å². The normalized spacial score (nSPS) is 10.4. The average Bonchev–Trinajstić information content (AvgIpc) is 2.77. The van der Waals surface area contributed by atoms with E-state index in [0.717, 1.165) is 22.5 Å². The Kier molecular flexibility index (Phi) is 4.37. The molecule has 0 aliphatic carbocycles. The van der Waals surface area contributed by atoms with Gasteiger partial charge in [-0.1, -0.05) is 6.07 Å². The third-order valence-corrected chi connectivity index (χ3v) is 3.98. The quantitative estimate of drug-likeness (QED) is 0.859. The second-order valence-electron chi connectivity index (χ2n) is 4.77. The van der Waals surface area contributed by atoms with Crippen LogP contribution in [-0.4, -0.2) is 28.4 Å². The van der Waals surface area contributed by atoms with E-state index < -0.39 is 5.97 Å². The van der Waals surface area contributed by atoms with Crippen molar-refractivity contribution >= 4 is 23.1 Å². The van der Waals surface area contributed by atoms with Crippen LogP contribution in [0.1, 0.15) is 36.3 Å². The average molecular weight is 305 g/mol. The summed E-state index contributed by atoms with van der Waals surface area (Å²) in [5, 5.41) is 9.12. The second kappa shape index (κ2) is 6.05. The van der Waals surface area contributed by atoms with Crippen molar-refractivity contribution in [2.45, 2.75) is 20.8 Å². The first-order chi connectivity index (χ1) is 9.86. The Morgan fingerprint density at radius 1 is 1.19 bits per heavy atom. The van der Waals surface area contributed by atoms with E-state index in [1.807, 2.05) is 32.0 Å². The molecule has 6 heteroatoms. The molecule has 1 aromatic heterocycles. The topological polar surface area (TPSA) is 76.5 Å². The van der Waals surface area contributed by atoms with E-state index in [1.54, 1.807) is 6.92 Å². The number of carbonyl (C=O) groups excluding carboxylic acids is 1. The Morgan fingerprint density at radius 2 is 1.81 bits per heavy atom.